The first-order chi connectivity index (χ1) is 9.98. The van der Waals surface area contributed by atoms with Crippen molar-refractivity contribution in [2.24, 2.45) is 10.9 Å². The number of benzene rings is 1. The first-order valence-electron chi connectivity index (χ1n) is 7.80. The molecule has 0 radical (unpaired) electrons. The second kappa shape index (κ2) is 7.96. The molecule has 21 heavy (non-hydrogen) atoms. The summed E-state index contributed by atoms with van der Waals surface area (Å²) in [7, 11) is 0. The van der Waals surface area contributed by atoms with Gasteiger partial charge in [-0.15, -0.1) is 0 Å². The van der Waals surface area contributed by atoms with Crippen LogP contribution >= 0.6 is 0 Å². The summed E-state index contributed by atoms with van der Waals surface area (Å²) in [5.41, 5.74) is 1.28. The molecule has 0 N–H and O–H groups in total. The summed E-state index contributed by atoms with van der Waals surface area (Å²) in [5, 5.41) is 0. The van der Waals surface area contributed by atoms with E-state index in [1.165, 1.54) is 0 Å². The Hall–Kier alpha value is -1.64. The largest absolute Gasteiger partial charge is 0.462 e. The zero-order valence-corrected chi connectivity index (χ0v) is 13.8. The lowest BCUT2D eigenvalue weighted by Crippen LogP contribution is -2.29. The van der Waals surface area contributed by atoms with E-state index in [-0.39, 0.29) is 11.9 Å². The maximum Gasteiger partial charge on any atom is 0.352 e. The van der Waals surface area contributed by atoms with E-state index < -0.39 is 5.54 Å². The number of carbonyl (C=O) groups is 1. The minimum atomic E-state index is -0.396. The number of ether oxygens (including phenoxy) is 1. The van der Waals surface area contributed by atoms with Gasteiger partial charge in [0.15, 0.2) is 0 Å². The fourth-order valence-corrected chi connectivity index (χ4v) is 2.17. The van der Waals surface area contributed by atoms with Gasteiger partial charge in [0.05, 0.1) is 12.1 Å². The van der Waals surface area contributed by atoms with Gasteiger partial charge in [0.1, 0.15) is 5.71 Å². The molecule has 0 aromatic heterocycles. The molecule has 3 nitrogen and oxygen atoms in total. The number of nitrogens with zero attached hydrogens (tertiary/aromatic N) is 1. The van der Waals surface area contributed by atoms with Gasteiger partial charge in [0.2, 0.25) is 0 Å². The molecule has 0 saturated carbocycles. The summed E-state index contributed by atoms with van der Waals surface area (Å²) < 4.78 is 5.18. The first-order valence-corrected chi connectivity index (χ1v) is 7.80. The predicted octanol–water partition coefficient (Wildman–Crippen LogP) is 4.36. The average Bonchev–Trinajstić information content (AvgIpc) is 2.52. The van der Waals surface area contributed by atoms with E-state index in [0.717, 1.165) is 18.4 Å². The monoisotopic (exact) mass is 289 g/mol. The number of carbonyl (C=O) groups excluding carboxylic acids is 1. The Morgan fingerprint density at radius 1 is 1.24 bits per heavy atom. The summed E-state index contributed by atoms with van der Waals surface area (Å²) in [6, 6.07) is 10.1. The molecule has 1 rings (SSSR count). The van der Waals surface area contributed by atoms with E-state index in [4.69, 9.17) is 9.73 Å². The molecule has 2 atom stereocenters. The van der Waals surface area contributed by atoms with Crippen molar-refractivity contribution in [3.05, 3.63) is 35.9 Å². The second-order valence-electron chi connectivity index (χ2n) is 5.52. The molecule has 1 aromatic carbocycles. The summed E-state index contributed by atoms with van der Waals surface area (Å²) in [6.45, 7) is 10.5. The second-order valence-corrected chi connectivity index (χ2v) is 5.52. The van der Waals surface area contributed by atoms with Crippen molar-refractivity contribution in [1.82, 2.24) is 0 Å². The summed E-state index contributed by atoms with van der Waals surface area (Å²) in [5.74, 6) is -0.193. The predicted molar refractivity (Wildman–Crippen MR) is 87.6 cm³/mol. The van der Waals surface area contributed by atoms with Crippen LogP contribution in [0.1, 0.15) is 53.0 Å². The van der Waals surface area contributed by atoms with Crippen molar-refractivity contribution >= 4 is 11.7 Å². The van der Waals surface area contributed by atoms with E-state index in [1.54, 1.807) is 0 Å². The van der Waals surface area contributed by atoms with Crippen LogP contribution in [0, 0.1) is 5.92 Å². The third-order valence-corrected chi connectivity index (χ3v) is 4.02. The highest BCUT2D eigenvalue weighted by Gasteiger charge is 2.28. The molecule has 0 aliphatic heterocycles. The zero-order valence-electron chi connectivity index (χ0n) is 13.8. The van der Waals surface area contributed by atoms with Crippen molar-refractivity contribution in [1.29, 1.82) is 0 Å². The third kappa shape index (κ3) is 4.42. The van der Waals surface area contributed by atoms with Crippen molar-refractivity contribution in [3.8, 4) is 0 Å². The molecule has 116 valence electrons. The average molecular weight is 289 g/mol. The van der Waals surface area contributed by atoms with Crippen LogP contribution in [0.25, 0.3) is 0 Å². The number of esters is 1. The number of hydrogen-bond acceptors (Lipinski definition) is 3. The van der Waals surface area contributed by atoms with Crippen molar-refractivity contribution < 1.29 is 9.53 Å². The van der Waals surface area contributed by atoms with Crippen molar-refractivity contribution in [3.63, 3.8) is 0 Å². The van der Waals surface area contributed by atoms with Crippen LogP contribution in [0.2, 0.25) is 0 Å². The Labute approximate surface area is 128 Å². The molecule has 1 aromatic rings. The summed E-state index contributed by atoms with van der Waals surface area (Å²) in [6.07, 6.45) is 1.70. The van der Waals surface area contributed by atoms with E-state index in [1.807, 2.05) is 32.0 Å². The van der Waals surface area contributed by atoms with Crippen molar-refractivity contribution in [2.45, 2.75) is 53.0 Å². The molecule has 3 heteroatoms. The third-order valence-electron chi connectivity index (χ3n) is 4.02. The van der Waals surface area contributed by atoms with Gasteiger partial charge < -0.3 is 4.74 Å². The van der Waals surface area contributed by atoms with Gasteiger partial charge in [0, 0.05) is 5.92 Å². The fraction of sp³-hybridized carbons (Fsp3) is 0.556. The lowest BCUT2D eigenvalue weighted by molar-refractivity contribution is -0.135. The Morgan fingerprint density at radius 3 is 2.33 bits per heavy atom. The molecular formula is C18H27NO2. The van der Waals surface area contributed by atoms with Gasteiger partial charge in [0.25, 0.3) is 0 Å². The molecule has 0 aliphatic carbocycles. The van der Waals surface area contributed by atoms with Gasteiger partial charge in [-0.2, -0.15) is 0 Å². The standard InChI is InChI=1S/C18H27NO2/c1-6-14(4)16(17(20)21-8-3)19-18(5,7-2)15-12-10-9-11-13-15/h9-14H,6-8H2,1-5H3. The van der Waals surface area contributed by atoms with Crippen molar-refractivity contribution in [2.75, 3.05) is 6.61 Å². The summed E-state index contributed by atoms with van der Waals surface area (Å²) in [4.78, 5) is 17.0. The maximum atomic E-state index is 12.2. The highest BCUT2D eigenvalue weighted by molar-refractivity contribution is 6.37. The van der Waals surface area contributed by atoms with E-state index in [0.29, 0.717) is 12.3 Å². The Balaban J connectivity index is 3.25. The summed E-state index contributed by atoms with van der Waals surface area (Å²) >= 11 is 0. The SMILES string of the molecule is CCOC(=O)C(=NC(C)(CC)c1ccccc1)C(C)CC. The Bertz CT molecular complexity index is 481. The Kier molecular flexibility index (Phi) is 6.60. The number of aliphatic imine (C=N–C) groups is 1. The van der Waals surface area contributed by atoms with Crippen LogP contribution in [0.5, 0.6) is 0 Å². The van der Waals surface area contributed by atoms with Crippen LogP contribution in [0.15, 0.2) is 35.3 Å². The van der Waals surface area contributed by atoms with Crippen LogP contribution in [0.3, 0.4) is 0 Å². The van der Waals surface area contributed by atoms with Gasteiger partial charge in [-0.1, -0.05) is 51.1 Å². The molecule has 0 bridgehead atoms. The topological polar surface area (TPSA) is 38.7 Å². The van der Waals surface area contributed by atoms with Crippen LogP contribution < -0.4 is 0 Å². The molecule has 0 amide bonds. The lowest BCUT2D eigenvalue weighted by Gasteiger charge is -2.27. The quantitative estimate of drug-likeness (QED) is 0.552. The fourth-order valence-electron chi connectivity index (χ4n) is 2.17. The molecule has 0 fully saturated rings. The smallest absolute Gasteiger partial charge is 0.352 e. The molecular weight excluding hydrogens is 262 g/mol. The van der Waals surface area contributed by atoms with E-state index in [9.17, 15) is 4.79 Å². The highest BCUT2D eigenvalue weighted by Crippen LogP contribution is 2.30. The zero-order chi connectivity index (χ0) is 15.9. The highest BCUT2D eigenvalue weighted by atomic mass is 16.5. The molecule has 2 unspecified atom stereocenters. The van der Waals surface area contributed by atoms with Crippen LogP contribution in [-0.2, 0) is 15.1 Å². The maximum absolute atomic E-state index is 12.2. The molecule has 0 spiro atoms. The van der Waals surface area contributed by atoms with E-state index in [2.05, 4.69) is 32.9 Å². The van der Waals surface area contributed by atoms with Crippen LogP contribution in [-0.4, -0.2) is 18.3 Å². The number of hydrogen-bond donors (Lipinski definition) is 0. The lowest BCUT2D eigenvalue weighted by atomic mass is 9.89. The van der Waals surface area contributed by atoms with Gasteiger partial charge in [-0.05, 0) is 32.3 Å². The number of rotatable bonds is 7. The molecule has 0 heterocycles. The normalized spacial score (nSPS) is 16.1. The Morgan fingerprint density at radius 2 is 1.86 bits per heavy atom. The first kappa shape index (κ1) is 17.4. The van der Waals surface area contributed by atoms with E-state index >= 15 is 0 Å². The van der Waals surface area contributed by atoms with Gasteiger partial charge in [-0.3, -0.25) is 4.99 Å². The molecule has 0 aliphatic rings. The minimum absolute atomic E-state index is 0.0960. The minimum Gasteiger partial charge on any atom is -0.462 e. The molecule has 0 saturated heterocycles. The van der Waals surface area contributed by atoms with Gasteiger partial charge >= 0.3 is 5.97 Å². The van der Waals surface area contributed by atoms with Gasteiger partial charge in [-0.25, -0.2) is 4.79 Å². The van der Waals surface area contributed by atoms with Crippen LogP contribution in [0.4, 0.5) is 0 Å².